The Hall–Kier alpha value is -4.57. The van der Waals surface area contributed by atoms with E-state index in [0.717, 1.165) is 0 Å². The number of benzene rings is 3. The molecule has 0 aromatic heterocycles. The topological polar surface area (TPSA) is 99.9 Å². The first-order valence-electron chi connectivity index (χ1n) is 10.1. The van der Waals surface area contributed by atoms with E-state index in [4.69, 9.17) is 14.7 Å². The van der Waals surface area contributed by atoms with E-state index >= 15 is 0 Å². The summed E-state index contributed by atoms with van der Waals surface area (Å²) in [5.74, 6) is -0.863. The summed E-state index contributed by atoms with van der Waals surface area (Å²) in [7, 11) is 3.02. The average molecular weight is 440 g/mol. The lowest BCUT2D eigenvalue weighted by atomic mass is 9.95. The van der Waals surface area contributed by atoms with E-state index in [1.165, 1.54) is 19.1 Å². The molecule has 1 unspecified atom stereocenters. The minimum Gasteiger partial charge on any atom is -0.507 e. The standard InChI is InChI=1S/C26H20N2O5/c1-32-20-7-3-5-17(13-20)23-22(24(29)18-6-4-8-21(14-18)33-2)25(30)26(31)28(23)19-11-9-16(15-27)10-12-19/h3-14,23,29H,1-2H3/b24-22-. The smallest absolute Gasteiger partial charge is 0.300 e. The second-order valence-corrected chi connectivity index (χ2v) is 7.34. The predicted octanol–water partition coefficient (Wildman–Crippen LogP) is 4.20. The highest BCUT2D eigenvalue weighted by molar-refractivity contribution is 6.51. The molecular weight excluding hydrogens is 420 g/mol. The van der Waals surface area contributed by atoms with Crippen molar-refractivity contribution in [3.05, 3.63) is 95.1 Å². The molecule has 7 nitrogen and oxygen atoms in total. The molecule has 1 heterocycles. The second-order valence-electron chi connectivity index (χ2n) is 7.34. The van der Waals surface area contributed by atoms with Crippen LogP contribution in [0.25, 0.3) is 5.76 Å². The van der Waals surface area contributed by atoms with Gasteiger partial charge < -0.3 is 14.6 Å². The maximum absolute atomic E-state index is 13.2. The third kappa shape index (κ3) is 3.90. The van der Waals surface area contributed by atoms with Gasteiger partial charge in [-0.05, 0) is 54.1 Å². The van der Waals surface area contributed by atoms with Crippen LogP contribution in [0.1, 0.15) is 22.7 Å². The van der Waals surface area contributed by atoms with Crippen LogP contribution >= 0.6 is 0 Å². The number of rotatable bonds is 5. The molecule has 3 aromatic rings. The van der Waals surface area contributed by atoms with Crippen LogP contribution in [0.5, 0.6) is 11.5 Å². The van der Waals surface area contributed by atoms with E-state index in [0.29, 0.717) is 33.9 Å². The van der Waals surface area contributed by atoms with E-state index in [9.17, 15) is 14.7 Å². The number of ketones is 1. The highest BCUT2D eigenvalue weighted by Gasteiger charge is 2.47. The normalized spacial score (nSPS) is 17.0. The molecule has 0 saturated carbocycles. The van der Waals surface area contributed by atoms with E-state index in [-0.39, 0.29) is 11.3 Å². The van der Waals surface area contributed by atoms with E-state index < -0.39 is 17.7 Å². The minimum atomic E-state index is -0.903. The van der Waals surface area contributed by atoms with Crippen LogP contribution in [0.2, 0.25) is 0 Å². The Kier molecular flexibility index (Phi) is 5.83. The molecule has 33 heavy (non-hydrogen) atoms. The van der Waals surface area contributed by atoms with Crippen molar-refractivity contribution in [1.29, 1.82) is 5.26 Å². The molecule has 1 aliphatic heterocycles. The van der Waals surface area contributed by atoms with Gasteiger partial charge in [-0.15, -0.1) is 0 Å². The Morgan fingerprint density at radius 2 is 1.58 bits per heavy atom. The van der Waals surface area contributed by atoms with E-state index in [1.807, 2.05) is 6.07 Å². The molecule has 1 aliphatic rings. The van der Waals surface area contributed by atoms with Gasteiger partial charge in [-0.1, -0.05) is 24.3 Å². The minimum absolute atomic E-state index is 0.0501. The van der Waals surface area contributed by atoms with Gasteiger partial charge in [-0.3, -0.25) is 14.5 Å². The summed E-state index contributed by atoms with van der Waals surface area (Å²) in [5.41, 5.74) is 1.73. The largest absolute Gasteiger partial charge is 0.507 e. The molecule has 164 valence electrons. The molecule has 0 radical (unpaired) electrons. The number of carbonyl (C=O) groups is 2. The van der Waals surface area contributed by atoms with Crippen LogP contribution < -0.4 is 14.4 Å². The lowest BCUT2D eigenvalue weighted by molar-refractivity contribution is -0.132. The molecule has 7 heteroatoms. The van der Waals surface area contributed by atoms with Crippen molar-refractivity contribution in [2.45, 2.75) is 6.04 Å². The number of Topliss-reactive ketones (excluding diaryl/α,β-unsaturated/α-hetero) is 1. The van der Waals surface area contributed by atoms with Gasteiger partial charge in [0.15, 0.2) is 0 Å². The Morgan fingerprint density at radius 1 is 0.939 bits per heavy atom. The number of nitriles is 1. The zero-order chi connectivity index (χ0) is 23.5. The number of amides is 1. The van der Waals surface area contributed by atoms with Crippen molar-refractivity contribution in [2.24, 2.45) is 0 Å². The van der Waals surface area contributed by atoms with Gasteiger partial charge in [-0.2, -0.15) is 5.26 Å². The Morgan fingerprint density at radius 3 is 2.21 bits per heavy atom. The number of aliphatic hydroxyl groups is 1. The van der Waals surface area contributed by atoms with E-state index in [1.54, 1.807) is 72.8 Å². The lowest BCUT2D eigenvalue weighted by Crippen LogP contribution is -2.29. The molecule has 3 aromatic carbocycles. The van der Waals surface area contributed by atoms with Gasteiger partial charge in [0.1, 0.15) is 17.3 Å². The summed E-state index contributed by atoms with van der Waals surface area (Å²) in [6.07, 6.45) is 0. The van der Waals surface area contributed by atoms with Crippen molar-refractivity contribution in [1.82, 2.24) is 0 Å². The number of methoxy groups -OCH3 is 2. The van der Waals surface area contributed by atoms with Crippen molar-refractivity contribution in [3.63, 3.8) is 0 Å². The highest BCUT2D eigenvalue weighted by atomic mass is 16.5. The fourth-order valence-corrected chi connectivity index (χ4v) is 3.85. The average Bonchev–Trinajstić information content (AvgIpc) is 3.14. The van der Waals surface area contributed by atoms with Crippen molar-refractivity contribution in [3.8, 4) is 17.6 Å². The molecular formula is C26H20N2O5. The van der Waals surface area contributed by atoms with Gasteiger partial charge in [-0.25, -0.2) is 0 Å². The Bertz CT molecular complexity index is 1300. The molecule has 4 rings (SSSR count). The summed E-state index contributed by atoms with van der Waals surface area (Å²) in [5, 5.41) is 20.3. The number of hydrogen-bond acceptors (Lipinski definition) is 6. The molecule has 0 aliphatic carbocycles. The monoisotopic (exact) mass is 440 g/mol. The number of carbonyl (C=O) groups excluding carboxylic acids is 2. The molecule has 1 N–H and O–H groups in total. The SMILES string of the molecule is COc1cccc(/C(O)=C2/C(=O)C(=O)N(c3ccc(C#N)cc3)C2c2cccc(OC)c2)c1. The van der Waals surface area contributed by atoms with Gasteiger partial charge in [0.2, 0.25) is 0 Å². The maximum atomic E-state index is 13.2. The van der Waals surface area contributed by atoms with Crippen LogP contribution in [0.3, 0.4) is 0 Å². The quantitative estimate of drug-likeness (QED) is 0.363. The maximum Gasteiger partial charge on any atom is 0.300 e. The van der Waals surface area contributed by atoms with Gasteiger partial charge in [0.25, 0.3) is 11.7 Å². The van der Waals surface area contributed by atoms with Gasteiger partial charge >= 0.3 is 0 Å². The summed E-state index contributed by atoms with van der Waals surface area (Å²) >= 11 is 0. The highest BCUT2D eigenvalue weighted by Crippen LogP contribution is 2.43. The van der Waals surface area contributed by atoms with Crippen molar-refractivity contribution >= 4 is 23.1 Å². The third-order valence-corrected chi connectivity index (χ3v) is 5.47. The van der Waals surface area contributed by atoms with Gasteiger partial charge in [0, 0.05) is 11.3 Å². The molecule has 1 amide bonds. The number of nitrogens with zero attached hydrogens (tertiary/aromatic N) is 2. The number of ether oxygens (including phenoxy) is 2. The van der Waals surface area contributed by atoms with Crippen LogP contribution in [0.15, 0.2) is 78.4 Å². The summed E-state index contributed by atoms with van der Waals surface area (Å²) in [4.78, 5) is 27.7. The second kappa shape index (κ2) is 8.89. The van der Waals surface area contributed by atoms with Crippen molar-refractivity contribution in [2.75, 3.05) is 19.1 Å². The summed E-state index contributed by atoms with van der Waals surface area (Å²) < 4.78 is 10.6. The van der Waals surface area contributed by atoms with Crippen LogP contribution in [0.4, 0.5) is 5.69 Å². The lowest BCUT2D eigenvalue weighted by Gasteiger charge is -2.25. The number of aliphatic hydroxyl groups excluding tert-OH is 1. The van der Waals surface area contributed by atoms with Crippen LogP contribution in [-0.4, -0.2) is 31.0 Å². The molecule has 1 saturated heterocycles. The first-order valence-corrected chi connectivity index (χ1v) is 10.1. The summed E-state index contributed by atoms with van der Waals surface area (Å²) in [6, 6.07) is 21.1. The zero-order valence-corrected chi connectivity index (χ0v) is 18.0. The van der Waals surface area contributed by atoms with Crippen molar-refractivity contribution < 1.29 is 24.2 Å². The zero-order valence-electron chi connectivity index (χ0n) is 18.0. The molecule has 0 bridgehead atoms. The first kappa shape index (κ1) is 21.7. The first-order chi connectivity index (χ1) is 16.0. The van der Waals surface area contributed by atoms with Gasteiger partial charge in [0.05, 0.1) is 37.5 Å². The molecule has 1 atom stereocenters. The Labute approximate surface area is 190 Å². The van der Waals surface area contributed by atoms with Crippen LogP contribution in [0, 0.1) is 11.3 Å². The fourth-order valence-electron chi connectivity index (χ4n) is 3.85. The fraction of sp³-hybridized carbons (Fsp3) is 0.115. The number of anilines is 1. The third-order valence-electron chi connectivity index (χ3n) is 5.47. The summed E-state index contributed by atoms with van der Waals surface area (Å²) in [6.45, 7) is 0. The van der Waals surface area contributed by atoms with Crippen LogP contribution in [-0.2, 0) is 9.59 Å². The van der Waals surface area contributed by atoms with E-state index in [2.05, 4.69) is 0 Å². The molecule has 1 fully saturated rings. The molecule has 0 spiro atoms. The number of hydrogen-bond donors (Lipinski definition) is 1. The predicted molar refractivity (Wildman–Crippen MR) is 122 cm³/mol. The Balaban J connectivity index is 1.94.